The molecule has 2 aromatic rings. The summed E-state index contributed by atoms with van der Waals surface area (Å²) in [5.74, 6) is 0.582. The smallest absolute Gasteiger partial charge is 0.404 e. The quantitative estimate of drug-likeness (QED) is 0.253. The number of piperidine rings is 2. The number of rotatable bonds is 14. The van der Waals surface area contributed by atoms with Gasteiger partial charge in [-0.2, -0.15) is 0 Å². The molecule has 1 unspecified atom stereocenters. The summed E-state index contributed by atoms with van der Waals surface area (Å²) in [6.07, 6.45) is 8.42. The summed E-state index contributed by atoms with van der Waals surface area (Å²) in [5.41, 5.74) is 2.26. The summed E-state index contributed by atoms with van der Waals surface area (Å²) < 4.78 is 41.9. The van der Waals surface area contributed by atoms with Gasteiger partial charge in [-0.15, -0.1) is 0 Å². The average Bonchev–Trinajstić information content (AvgIpc) is 3.60. The van der Waals surface area contributed by atoms with E-state index >= 15 is 0 Å². The molecule has 2 amide bonds. The molecule has 310 valence electrons. The summed E-state index contributed by atoms with van der Waals surface area (Å²) in [6.45, 7) is 14.6. The Morgan fingerprint density at radius 2 is 1.53 bits per heavy atom. The molecule has 0 bridgehead atoms. The minimum atomic E-state index is -3.55. The maximum Gasteiger partial charge on any atom is 0.404 e. The summed E-state index contributed by atoms with van der Waals surface area (Å²) in [4.78, 5) is 36.4. The van der Waals surface area contributed by atoms with E-state index in [9.17, 15) is 27.5 Å². The van der Waals surface area contributed by atoms with Gasteiger partial charge >= 0.3 is 6.09 Å². The van der Waals surface area contributed by atoms with Crippen molar-refractivity contribution in [2.75, 3.05) is 90.0 Å². The predicted molar refractivity (Wildman–Crippen MR) is 220 cm³/mol. The normalized spacial score (nSPS) is 25.6. The lowest BCUT2D eigenvalue weighted by molar-refractivity contribution is -0.130. The highest BCUT2D eigenvalue weighted by Gasteiger charge is 2.53. The monoisotopic (exact) mass is 804 g/mol. The Morgan fingerprint density at radius 1 is 0.825 bits per heavy atom. The number of hydrogen-bond acceptors (Lipinski definition) is 8. The van der Waals surface area contributed by atoms with Crippen molar-refractivity contribution >= 4 is 27.5 Å². The number of carboxylic acid groups (broad SMARTS) is 1. The molecule has 5 saturated heterocycles. The SMILES string of the molecule is C=C(CN1CCCCC1)C(=O)N1CC(S(=O)(=O)c2ccc(N3CC(CN4CCC(C(CN5CCC5)(c5cccc(F)c5)[C@H]5CCC[C@@H]5NC(=O)O)CC4)C3)cc2)C1. The molecule has 2 N–H and O–H groups in total. The van der Waals surface area contributed by atoms with Gasteiger partial charge in [0.25, 0.3) is 5.91 Å². The standard InChI is InChI=1S/C44H61FN6O5S/c1-32(25-47-18-3-2-4-19-47)42(52)51-29-39(30-51)57(55,56)38-14-12-37(13-15-38)50-27-33(28-50)26-48-22-16-34(17-23-48)44(31-49-20-7-21-49,35-8-5-9-36(45)24-35)40-10-6-11-41(40)46-43(53)54/h5,8-9,12-15,24,33-34,39-41,46H,1-4,6-7,10-11,16-23,25-31H2,(H,53,54)/t40-,41-,44?/m0/s1. The number of amides is 2. The Kier molecular flexibility index (Phi) is 12.0. The number of carbonyl (C=O) groups excluding carboxylic acids is 1. The van der Waals surface area contributed by atoms with Gasteiger partial charge in [0.15, 0.2) is 9.84 Å². The molecule has 6 aliphatic rings. The summed E-state index contributed by atoms with van der Waals surface area (Å²) >= 11 is 0. The van der Waals surface area contributed by atoms with Crippen LogP contribution in [-0.2, 0) is 20.0 Å². The van der Waals surface area contributed by atoms with Gasteiger partial charge in [-0.3, -0.25) is 9.69 Å². The average molecular weight is 805 g/mol. The third-order valence-electron chi connectivity index (χ3n) is 14.3. The van der Waals surface area contributed by atoms with E-state index < -0.39 is 21.2 Å². The topological polar surface area (TPSA) is 117 Å². The van der Waals surface area contributed by atoms with Crippen LogP contribution in [0.15, 0.2) is 65.6 Å². The Balaban J connectivity index is 0.842. The lowest BCUT2D eigenvalue weighted by Gasteiger charge is -2.54. The van der Waals surface area contributed by atoms with E-state index in [-0.39, 0.29) is 42.2 Å². The van der Waals surface area contributed by atoms with Crippen molar-refractivity contribution in [3.63, 3.8) is 0 Å². The number of anilines is 1. The number of likely N-dealkylation sites (tertiary alicyclic amines) is 4. The minimum Gasteiger partial charge on any atom is -0.465 e. The fraction of sp³-hybridized carbons (Fsp3) is 0.636. The molecule has 2 aromatic carbocycles. The van der Waals surface area contributed by atoms with Gasteiger partial charge in [0.1, 0.15) is 11.1 Å². The molecular weight excluding hydrogens is 744 g/mol. The molecule has 5 heterocycles. The third kappa shape index (κ3) is 8.49. The van der Waals surface area contributed by atoms with Crippen molar-refractivity contribution in [3.8, 4) is 0 Å². The zero-order chi connectivity index (χ0) is 39.7. The highest BCUT2D eigenvalue weighted by Crippen LogP contribution is 2.51. The molecule has 6 fully saturated rings. The molecule has 0 aromatic heterocycles. The first-order chi connectivity index (χ1) is 27.5. The number of nitrogens with one attached hydrogen (secondary N) is 1. The summed E-state index contributed by atoms with van der Waals surface area (Å²) in [7, 11) is -3.55. The number of halogens is 1. The van der Waals surface area contributed by atoms with Crippen molar-refractivity contribution < 1.29 is 27.5 Å². The van der Waals surface area contributed by atoms with Crippen LogP contribution in [0.25, 0.3) is 0 Å². The molecule has 0 spiro atoms. The second-order valence-corrected chi connectivity index (χ2v) is 20.2. The van der Waals surface area contributed by atoms with Crippen molar-refractivity contribution in [1.82, 2.24) is 24.9 Å². The van der Waals surface area contributed by atoms with Crippen molar-refractivity contribution in [2.45, 2.75) is 79.4 Å². The Labute approximate surface area is 338 Å². The molecule has 1 saturated carbocycles. The molecular formula is C44H61FN6O5S. The van der Waals surface area contributed by atoms with Crippen LogP contribution < -0.4 is 10.2 Å². The summed E-state index contributed by atoms with van der Waals surface area (Å²) in [5, 5.41) is 12.1. The van der Waals surface area contributed by atoms with Gasteiger partial charge in [0, 0.05) is 74.4 Å². The van der Waals surface area contributed by atoms with Crippen LogP contribution in [0.2, 0.25) is 0 Å². The van der Waals surface area contributed by atoms with Gasteiger partial charge < -0.3 is 30.0 Å². The van der Waals surface area contributed by atoms with Crippen LogP contribution in [0.4, 0.5) is 14.9 Å². The van der Waals surface area contributed by atoms with Crippen LogP contribution in [0.5, 0.6) is 0 Å². The van der Waals surface area contributed by atoms with Crippen LogP contribution in [0.3, 0.4) is 0 Å². The van der Waals surface area contributed by atoms with Crippen LogP contribution in [-0.4, -0.2) is 141 Å². The second kappa shape index (κ2) is 17.0. The van der Waals surface area contributed by atoms with E-state index in [1.54, 1.807) is 23.1 Å². The number of hydrogen-bond donors (Lipinski definition) is 2. The van der Waals surface area contributed by atoms with E-state index in [2.05, 4.69) is 37.6 Å². The first-order valence-corrected chi connectivity index (χ1v) is 23.0. The minimum absolute atomic E-state index is 0.112. The van der Waals surface area contributed by atoms with Crippen LogP contribution >= 0.6 is 0 Å². The summed E-state index contributed by atoms with van der Waals surface area (Å²) in [6, 6.07) is 14.3. The van der Waals surface area contributed by atoms with Gasteiger partial charge in [0.2, 0.25) is 0 Å². The van der Waals surface area contributed by atoms with Gasteiger partial charge in [-0.05, 0) is 138 Å². The lowest BCUT2D eigenvalue weighted by atomic mass is 9.57. The fourth-order valence-corrected chi connectivity index (χ4v) is 12.7. The van der Waals surface area contributed by atoms with Crippen molar-refractivity contribution in [1.29, 1.82) is 0 Å². The number of sulfone groups is 1. The van der Waals surface area contributed by atoms with E-state index in [1.807, 2.05) is 18.2 Å². The highest BCUT2D eigenvalue weighted by atomic mass is 32.2. The molecule has 0 radical (unpaired) electrons. The van der Waals surface area contributed by atoms with E-state index in [4.69, 9.17) is 0 Å². The zero-order valence-corrected chi connectivity index (χ0v) is 34.2. The number of benzene rings is 2. The second-order valence-electron chi connectivity index (χ2n) is 17.9. The highest BCUT2D eigenvalue weighted by molar-refractivity contribution is 7.92. The number of carbonyl (C=O) groups is 2. The third-order valence-corrected chi connectivity index (χ3v) is 16.4. The lowest BCUT2D eigenvalue weighted by Crippen LogP contribution is -2.60. The van der Waals surface area contributed by atoms with Gasteiger partial charge in [0.05, 0.1) is 4.90 Å². The fourth-order valence-electron chi connectivity index (χ4n) is 11.1. The van der Waals surface area contributed by atoms with E-state index in [0.29, 0.717) is 28.8 Å². The molecule has 8 rings (SSSR count). The Hall–Kier alpha value is -3.52. The molecule has 5 aliphatic heterocycles. The van der Waals surface area contributed by atoms with Crippen LogP contribution in [0, 0.1) is 23.6 Å². The first kappa shape index (κ1) is 40.3. The first-order valence-electron chi connectivity index (χ1n) is 21.5. The number of nitrogens with zero attached hydrogens (tertiary/aromatic N) is 5. The van der Waals surface area contributed by atoms with Gasteiger partial charge in [-0.1, -0.05) is 31.6 Å². The largest absolute Gasteiger partial charge is 0.465 e. The predicted octanol–water partition coefficient (Wildman–Crippen LogP) is 5.08. The Morgan fingerprint density at radius 3 is 2.18 bits per heavy atom. The zero-order valence-electron chi connectivity index (χ0n) is 33.4. The van der Waals surface area contributed by atoms with Crippen molar-refractivity contribution in [2.24, 2.45) is 17.8 Å². The Bertz CT molecular complexity index is 1870. The molecule has 1 aliphatic carbocycles. The molecule has 11 nitrogen and oxygen atoms in total. The maximum atomic E-state index is 15.0. The van der Waals surface area contributed by atoms with Gasteiger partial charge in [-0.25, -0.2) is 17.6 Å². The van der Waals surface area contributed by atoms with E-state index in [0.717, 1.165) is 122 Å². The maximum absolute atomic E-state index is 15.0. The molecule has 13 heteroatoms. The molecule has 3 atom stereocenters. The van der Waals surface area contributed by atoms with Crippen molar-refractivity contribution in [3.05, 3.63) is 72.1 Å². The molecule has 57 heavy (non-hydrogen) atoms. The van der Waals surface area contributed by atoms with E-state index in [1.165, 1.54) is 18.9 Å². The van der Waals surface area contributed by atoms with Crippen LogP contribution in [0.1, 0.15) is 63.4 Å².